The summed E-state index contributed by atoms with van der Waals surface area (Å²) in [6.45, 7) is 2.91. The van der Waals surface area contributed by atoms with Gasteiger partial charge in [-0.1, -0.05) is 0 Å². The maximum Gasteiger partial charge on any atom is 0.0923 e. The monoisotopic (exact) mass is 232 g/mol. The minimum Gasteiger partial charge on any atom is -0.297 e. The van der Waals surface area contributed by atoms with E-state index >= 15 is 0 Å². The molecule has 6 atom stereocenters. The van der Waals surface area contributed by atoms with E-state index in [0.717, 1.165) is 11.8 Å². The van der Waals surface area contributed by atoms with Crippen molar-refractivity contribution in [2.75, 3.05) is 6.61 Å². The zero-order valence-corrected chi connectivity index (χ0v) is 10.4. The fourth-order valence-electron chi connectivity index (χ4n) is 5.23. The average Bonchev–Trinajstić information content (AvgIpc) is 2.59. The maximum absolute atomic E-state index is 9.40. The van der Waals surface area contributed by atoms with Gasteiger partial charge in [-0.15, -0.1) is 0 Å². The summed E-state index contributed by atoms with van der Waals surface area (Å²) in [4.78, 5) is 5.94. The topological polar surface area (TPSA) is 36.3 Å². The van der Waals surface area contributed by atoms with Crippen LogP contribution in [0.2, 0.25) is 0 Å². The van der Waals surface area contributed by atoms with Gasteiger partial charge in [0, 0.05) is 6.04 Å². The highest BCUT2D eigenvalue weighted by Crippen LogP contribution is 2.57. The Morgan fingerprint density at radius 2 is 1.88 bits per heavy atom. The number of hydroxylamine groups is 2. The van der Waals surface area contributed by atoms with E-state index in [1.54, 1.807) is 0 Å². The Morgan fingerprint density at radius 3 is 2.53 bits per heavy atom. The molecule has 17 heavy (non-hydrogen) atoms. The summed E-state index contributed by atoms with van der Waals surface area (Å²) in [6.07, 6.45) is 6.72. The lowest BCUT2D eigenvalue weighted by Gasteiger charge is -2.41. The van der Waals surface area contributed by atoms with E-state index in [2.05, 4.69) is 18.1 Å². The first-order valence-electron chi connectivity index (χ1n) is 7.03. The number of nitriles is 1. The van der Waals surface area contributed by atoms with Crippen LogP contribution in [0.4, 0.5) is 0 Å². The lowest BCUT2D eigenvalue weighted by atomic mass is 9.63. The van der Waals surface area contributed by atoms with Crippen LogP contribution >= 0.6 is 0 Å². The van der Waals surface area contributed by atoms with Gasteiger partial charge in [-0.3, -0.25) is 4.84 Å². The van der Waals surface area contributed by atoms with Crippen molar-refractivity contribution in [1.29, 1.82) is 5.26 Å². The van der Waals surface area contributed by atoms with Crippen molar-refractivity contribution >= 4 is 0 Å². The van der Waals surface area contributed by atoms with Crippen molar-refractivity contribution in [2.45, 2.75) is 50.6 Å². The summed E-state index contributed by atoms with van der Waals surface area (Å²) in [5.74, 6) is 2.57. The van der Waals surface area contributed by atoms with E-state index in [-0.39, 0.29) is 11.5 Å². The maximum atomic E-state index is 9.40. The lowest BCUT2D eigenvalue weighted by molar-refractivity contribution is -0.195. The van der Waals surface area contributed by atoms with Crippen LogP contribution < -0.4 is 0 Å². The normalized spacial score (nSPS) is 56.6. The highest BCUT2D eigenvalue weighted by atomic mass is 16.7. The highest BCUT2D eigenvalue weighted by Gasteiger charge is 2.60. The molecule has 3 nitrogen and oxygen atoms in total. The molecule has 3 aliphatic heterocycles. The molecule has 2 aliphatic carbocycles. The van der Waals surface area contributed by atoms with Crippen molar-refractivity contribution in [3.05, 3.63) is 0 Å². The number of hydrogen-bond donors (Lipinski definition) is 0. The fraction of sp³-hybridized carbons (Fsp3) is 0.929. The Kier molecular flexibility index (Phi) is 1.97. The molecular weight excluding hydrogens is 212 g/mol. The smallest absolute Gasteiger partial charge is 0.0923 e. The van der Waals surface area contributed by atoms with E-state index in [9.17, 15) is 5.26 Å². The molecule has 3 heterocycles. The third kappa shape index (κ3) is 1.18. The second kappa shape index (κ2) is 3.24. The molecule has 2 saturated carbocycles. The SMILES string of the molecule is C[C@@]12C3C[C@H]4CC(C[C@@H](C3)C4)N1OC[C@H]2C#N. The van der Waals surface area contributed by atoms with Crippen molar-refractivity contribution in [3.63, 3.8) is 0 Å². The zero-order chi connectivity index (χ0) is 11.6. The third-order valence-electron chi connectivity index (χ3n) is 5.99. The van der Waals surface area contributed by atoms with Crippen molar-refractivity contribution in [3.8, 4) is 6.07 Å². The quantitative estimate of drug-likeness (QED) is 0.643. The van der Waals surface area contributed by atoms with E-state index in [1.807, 2.05) is 0 Å². The van der Waals surface area contributed by atoms with Crippen LogP contribution in [0.15, 0.2) is 0 Å². The zero-order valence-electron chi connectivity index (χ0n) is 10.4. The summed E-state index contributed by atoms with van der Waals surface area (Å²) in [5, 5.41) is 11.7. The number of nitrogens with zero attached hydrogens (tertiary/aromatic N) is 2. The van der Waals surface area contributed by atoms with Crippen molar-refractivity contribution < 1.29 is 4.84 Å². The van der Waals surface area contributed by atoms with E-state index in [4.69, 9.17) is 4.84 Å². The molecule has 4 bridgehead atoms. The average molecular weight is 232 g/mol. The molecule has 0 aromatic rings. The first kappa shape index (κ1) is 10.3. The van der Waals surface area contributed by atoms with Gasteiger partial charge in [0.1, 0.15) is 0 Å². The van der Waals surface area contributed by atoms with Crippen LogP contribution in [0.3, 0.4) is 0 Å². The minimum absolute atomic E-state index is 0.00331. The second-order valence-electron chi connectivity index (χ2n) is 6.79. The van der Waals surface area contributed by atoms with Crippen LogP contribution in [0.25, 0.3) is 0 Å². The summed E-state index contributed by atoms with van der Waals surface area (Å²) < 4.78 is 0. The second-order valence-corrected chi connectivity index (χ2v) is 6.79. The molecule has 0 aromatic carbocycles. The highest BCUT2D eigenvalue weighted by molar-refractivity contribution is 5.13. The Morgan fingerprint density at radius 1 is 1.18 bits per heavy atom. The number of hydrogen-bond acceptors (Lipinski definition) is 3. The molecule has 0 amide bonds. The van der Waals surface area contributed by atoms with Gasteiger partial charge in [-0.2, -0.15) is 10.3 Å². The van der Waals surface area contributed by atoms with Crippen molar-refractivity contribution in [1.82, 2.24) is 5.06 Å². The van der Waals surface area contributed by atoms with Crippen molar-refractivity contribution in [2.24, 2.45) is 23.7 Å². The molecular formula is C14H20N2O. The fourth-order valence-corrected chi connectivity index (χ4v) is 5.23. The van der Waals surface area contributed by atoms with E-state index < -0.39 is 0 Å². The Balaban J connectivity index is 1.81. The van der Waals surface area contributed by atoms with Crippen LogP contribution in [-0.4, -0.2) is 23.3 Å². The van der Waals surface area contributed by atoms with Gasteiger partial charge in [-0.25, -0.2) is 0 Å². The van der Waals surface area contributed by atoms with Gasteiger partial charge < -0.3 is 0 Å². The van der Waals surface area contributed by atoms with Crippen LogP contribution in [0, 0.1) is 35.0 Å². The Hall–Kier alpha value is -0.590. The molecule has 3 heteroatoms. The molecule has 0 aromatic heterocycles. The Labute approximate surface area is 103 Å². The van der Waals surface area contributed by atoms with Gasteiger partial charge in [0.2, 0.25) is 0 Å². The third-order valence-corrected chi connectivity index (χ3v) is 5.99. The van der Waals surface area contributed by atoms with E-state index in [0.29, 0.717) is 18.6 Å². The summed E-state index contributed by atoms with van der Waals surface area (Å²) in [7, 11) is 0. The predicted molar refractivity (Wildman–Crippen MR) is 62.6 cm³/mol. The van der Waals surface area contributed by atoms with Crippen LogP contribution in [0.1, 0.15) is 39.0 Å². The van der Waals surface area contributed by atoms with Crippen LogP contribution in [-0.2, 0) is 4.84 Å². The standard InChI is InChI=1S/C14H20N2O/c1-14-11-3-9-2-10(4-11)6-13(5-9)16(14)17-8-12(14)7-15/h9-13H,2-6,8H2,1H3/t9-,10+,11?,12-,13?,14+/m1/s1. The molecule has 5 fully saturated rings. The molecule has 5 rings (SSSR count). The molecule has 92 valence electrons. The lowest BCUT2D eigenvalue weighted by Crippen LogP contribution is -2.51. The first-order chi connectivity index (χ1) is 8.21. The summed E-state index contributed by atoms with van der Waals surface area (Å²) in [5.41, 5.74) is 0.00331. The van der Waals surface area contributed by atoms with Gasteiger partial charge in [0.25, 0.3) is 0 Å². The van der Waals surface area contributed by atoms with Gasteiger partial charge >= 0.3 is 0 Å². The van der Waals surface area contributed by atoms with Crippen LogP contribution in [0.5, 0.6) is 0 Å². The minimum atomic E-state index is 0.00331. The number of rotatable bonds is 0. The van der Waals surface area contributed by atoms with Gasteiger partial charge in [0.05, 0.1) is 24.1 Å². The molecule has 0 N–H and O–H groups in total. The summed E-state index contributed by atoms with van der Waals surface area (Å²) >= 11 is 0. The van der Waals surface area contributed by atoms with Gasteiger partial charge in [0.15, 0.2) is 0 Å². The van der Waals surface area contributed by atoms with E-state index in [1.165, 1.54) is 32.1 Å². The Bertz CT molecular complexity index is 376. The first-order valence-corrected chi connectivity index (χ1v) is 7.03. The predicted octanol–water partition coefficient (Wildman–Crippen LogP) is 2.34. The van der Waals surface area contributed by atoms with Gasteiger partial charge in [-0.05, 0) is 56.8 Å². The largest absolute Gasteiger partial charge is 0.297 e. The molecule has 3 saturated heterocycles. The molecule has 2 unspecified atom stereocenters. The molecule has 5 aliphatic rings. The molecule has 0 radical (unpaired) electrons. The molecule has 0 spiro atoms. The summed E-state index contributed by atoms with van der Waals surface area (Å²) in [6, 6.07) is 3.10.